The number of hydrogen-bond acceptors (Lipinski definition) is 8. The highest BCUT2D eigenvalue weighted by Gasteiger charge is 2.50. The summed E-state index contributed by atoms with van der Waals surface area (Å²) < 4.78 is 49.4. The zero-order valence-corrected chi connectivity index (χ0v) is 23.3. The van der Waals surface area contributed by atoms with Crippen LogP contribution in [0.4, 0.5) is 24.9 Å². The van der Waals surface area contributed by atoms with Crippen LogP contribution in [0.2, 0.25) is 0 Å². The van der Waals surface area contributed by atoms with Crippen molar-refractivity contribution in [1.82, 2.24) is 19.9 Å². The average molecular weight is 587 g/mol. The second-order valence-electron chi connectivity index (χ2n) is 11.0. The fourth-order valence-electron chi connectivity index (χ4n) is 6.18. The summed E-state index contributed by atoms with van der Waals surface area (Å²) in [6.07, 6.45) is -2.71. The molecule has 2 unspecified atom stereocenters. The number of nitrogen functional groups attached to an aromatic ring is 1. The zero-order chi connectivity index (χ0) is 30.2. The van der Waals surface area contributed by atoms with Crippen molar-refractivity contribution in [3.63, 3.8) is 0 Å². The van der Waals surface area contributed by atoms with Crippen LogP contribution in [0, 0.1) is 5.41 Å². The molecule has 13 heteroatoms. The molecule has 2 aromatic heterocycles. The molecule has 3 aromatic rings. The van der Waals surface area contributed by atoms with Gasteiger partial charge in [0.1, 0.15) is 11.9 Å². The minimum Gasteiger partial charge on any atom is -0.480 e. The summed E-state index contributed by atoms with van der Waals surface area (Å²) in [6, 6.07) is 9.58. The van der Waals surface area contributed by atoms with Crippen LogP contribution in [-0.2, 0) is 11.8 Å². The second kappa shape index (κ2) is 11.3. The van der Waals surface area contributed by atoms with Crippen molar-refractivity contribution < 1.29 is 27.8 Å². The number of pyridine rings is 1. The third kappa shape index (κ3) is 5.91. The lowest BCUT2D eigenvalue weighted by atomic mass is 9.71. The van der Waals surface area contributed by atoms with Crippen molar-refractivity contribution in [3.8, 4) is 17.0 Å². The molecule has 2 fully saturated rings. The molecule has 2 saturated heterocycles. The van der Waals surface area contributed by atoms with E-state index in [0.717, 1.165) is 6.42 Å². The Balaban J connectivity index is 1.34. The first-order valence-electron chi connectivity index (χ1n) is 13.8. The number of anilines is 2. The van der Waals surface area contributed by atoms with E-state index in [-0.39, 0.29) is 34.4 Å². The van der Waals surface area contributed by atoms with E-state index in [9.17, 15) is 27.9 Å². The molecular weight excluding hydrogens is 553 g/mol. The number of carboxylic acid groups (broad SMARTS) is 1. The van der Waals surface area contributed by atoms with E-state index < -0.39 is 24.3 Å². The summed E-state index contributed by atoms with van der Waals surface area (Å²) in [7, 11) is 1.60. The van der Waals surface area contributed by atoms with Crippen molar-refractivity contribution >= 4 is 17.7 Å². The van der Waals surface area contributed by atoms with Crippen LogP contribution in [0.25, 0.3) is 11.1 Å². The van der Waals surface area contributed by atoms with E-state index in [2.05, 4.69) is 15.3 Å². The van der Waals surface area contributed by atoms with Gasteiger partial charge in [-0.2, -0.15) is 23.1 Å². The average Bonchev–Trinajstić information content (AvgIpc) is 3.31. The molecule has 0 amide bonds. The number of piperidine rings is 1. The molecular formula is C29H33F3N6O4. The number of nitrogens with two attached hydrogens (primary N) is 1. The van der Waals surface area contributed by atoms with Crippen LogP contribution < -0.4 is 26.2 Å². The number of ether oxygens (including phenoxy) is 1. The molecule has 0 bridgehead atoms. The lowest BCUT2D eigenvalue weighted by Gasteiger charge is -2.43. The van der Waals surface area contributed by atoms with Gasteiger partial charge in [0.05, 0.1) is 0 Å². The van der Waals surface area contributed by atoms with Crippen LogP contribution in [-0.4, -0.2) is 57.0 Å². The van der Waals surface area contributed by atoms with Gasteiger partial charge in [0.25, 0.3) is 0 Å². The van der Waals surface area contributed by atoms with E-state index in [0.29, 0.717) is 49.3 Å². The van der Waals surface area contributed by atoms with Gasteiger partial charge in [0, 0.05) is 50.1 Å². The van der Waals surface area contributed by atoms with Gasteiger partial charge >= 0.3 is 12.1 Å². The molecule has 0 radical (unpaired) electrons. The Morgan fingerprint density at radius 1 is 1.17 bits per heavy atom. The van der Waals surface area contributed by atoms with Gasteiger partial charge in [-0.1, -0.05) is 31.2 Å². The van der Waals surface area contributed by atoms with Crippen LogP contribution in [0.1, 0.15) is 44.3 Å². The fourth-order valence-corrected chi connectivity index (χ4v) is 6.18. The maximum atomic E-state index is 14.2. The van der Waals surface area contributed by atoms with E-state index in [4.69, 9.17) is 10.5 Å². The number of alkyl halides is 3. The van der Waals surface area contributed by atoms with Gasteiger partial charge in [0.15, 0.2) is 0 Å². The van der Waals surface area contributed by atoms with Crippen molar-refractivity contribution in [3.05, 3.63) is 64.6 Å². The first kappa shape index (κ1) is 29.4. The Labute approximate surface area is 240 Å². The molecule has 3 atom stereocenters. The quantitative estimate of drug-likeness (QED) is 0.376. The number of rotatable bonds is 7. The highest BCUT2D eigenvalue weighted by molar-refractivity contribution is 5.74. The van der Waals surface area contributed by atoms with Crippen LogP contribution in [0.5, 0.6) is 5.88 Å². The van der Waals surface area contributed by atoms with E-state index in [1.807, 2.05) is 11.8 Å². The summed E-state index contributed by atoms with van der Waals surface area (Å²) in [6.45, 7) is 3.10. The molecule has 1 spiro atoms. The maximum Gasteiger partial charge on any atom is 0.429 e. The predicted molar refractivity (Wildman–Crippen MR) is 150 cm³/mol. The number of aliphatic carboxylic acids is 1. The topological polar surface area (TPSA) is 136 Å². The van der Waals surface area contributed by atoms with Gasteiger partial charge in [0.2, 0.25) is 23.5 Å². The van der Waals surface area contributed by atoms with Gasteiger partial charge in [-0.05, 0) is 48.3 Å². The molecule has 4 N–H and O–H groups in total. The maximum absolute atomic E-state index is 14.2. The lowest BCUT2D eigenvalue weighted by molar-refractivity contribution is -0.198. The SMILES string of the molecule is CCC1NC(C(=O)O)CC12CCN(c1cc(O[C@H](c3ccc(-c4ccc(=O)n(C)c4)cc3)C(F)(F)F)nc(N)n1)CC2. The molecule has 224 valence electrons. The Morgan fingerprint density at radius 3 is 2.43 bits per heavy atom. The summed E-state index contributed by atoms with van der Waals surface area (Å²) in [5.74, 6) is -1.03. The van der Waals surface area contributed by atoms with E-state index >= 15 is 0 Å². The minimum absolute atomic E-state index is 0.0721. The van der Waals surface area contributed by atoms with Gasteiger partial charge in [-0.25, -0.2) is 0 Å². The number of benzene rings is 1. The Kier molecular flexibility index (Phi) is 7.88. The minimum atomic E-state index is -4.75. The van der Waals surface area contributed by atoms with Crippen molar-refractivity contribution in [1.29, 1.82) is 0 Å². The summed E-state index contributed by atoms with van der Waals surface area (Å²) >= 11 is 0. The second-order valence-corrected chi connectivity index (χ2v) is 11.0. The van der Waals surface area contributed by atoms with Crippen molar-refractivity contribution in [2.45, 2.75) is 57.0 Å². The number of aromatic nitrogens is 3. The number of halogens is 3. The molecule has 1 aromatic carbocycles. The Bertz CT molecular complexity index is 1500. The predicted octanol–water partition coefficient (Wildman–Crippen LogP) is 3.92. The number of hydrogen-bond donors (Lipinski definition) is 3. The number of carboxylic acids is 1. The number of aryl methyl sites for hydroxylation is 1. The molecule has 2 aliphatic rings. The summed E-state index contributed by atoms with van der Waals surface area (Å²) in [5.41, 5.74) is 6.73. The first-order valence-corrected chi connectivity index (χ1v) is 13.8. The third-order valence-electron chi connectivity index (χ3n) is 8.42. The lowest BCUT2D eigenvalue weighted by Crippen LogP contribution is -2.46. The van der Waals surface area contributed by atoms with Gasteiger partial charge < -0.3 is 30.4 Å². The van der Waals surface area contributed by atoms with Gasteiger partial charge in [-0.3, -0.25) is 9.59 Å². The largest absolute Gasteiger partial charge is 0.480 e. The van der Waals surface area contributed by atoms with Crippen molar-refractivity contribution in [2.75, 3.05) is 23.7 Å². The molecule has 0 saturated carbocycles. The standard InChI is InChI=1S/C29H33F3N6O4/c1-3-21-28(15-20(34-21)26(40)41)10-12-38(13-11-28)22-14-23(36-27(33)35-22)42-25(29(30,31)32)18-6-4-17(5-7-18)19-8-9-24(39)37(2)16-19/h4-9,14,16,20-21,25,34H,3,10-13,15H2,1-2H3,(H,40,41)(H2,33,35,36)/t20?,21?,25-/m1/s1. The van der Waals surface area contributed by atoms with Crippen LogP contribution >= 0.6 is 0 Å². The Morgan fingerprint density at radius 2 is 1.83 bits per heavy atom. The molecule has 2 aliphatic heterocycles. The number of carbonyl (C=O) groups is 1. The van der Waals surface area contributed by atoms with Crippen molar-refractivity contribution in [2.24, 2.45) is 12.5 Å². The first-order chi connectivity index (χ1) is 19.9. The van der Waals surface area contributed by atoms with Crippen LogP contribution in [0.3, 0.4) is 0 Å². The highest BCUT2D eigenvalue weighted by atomic mass is 19.4. The van der Waals surface area contributed by atoms with Gasteiger partial charge in [-0.15, -0.1) is 0 Å². The normalized spacial score (nSPS) is 20.9. The number of nitrogens with one attached hydrogen (secondary N) is 1. The summed E-state index contributed by atoms with van der Waals surface area (Å²) in [4.78, 5) is 33.4. The fraction of sp³-hybridized carbons (Fsp3) is 0.448. The molecule has 10 nitrogen and oxygen atoms in total. The Hall–Kier alpha value is -4.13. The third-order valence-corrected chi connectivity index (χ3v) is 8.42. The smallest absolute Gasteiger partial charge is 0.429 e. The molecule has 5 rings (SSSR count). The monoisotopic (exact) mass is 586 g/mol. The molecule has 0 aliphatic carbocycles. The van der Waals surface area contributed by atoms with Crippen LogP contribution in [0.15, 0.2) is 53.5 Å². The molecule has 42 heavy (non-hydrogen) atoms. The van der Waals surface area contributed by atoms with E-state index in [1.54, 1.807) is 19.3 Å². The van der Waals surface area contributed by atoms with E-state index in [1.165, 1.54) is 41.0 Å². The molecule has 4 heterocycles. The zero-order valence-electron chi connectivity index (χ0n) is 23.3. The highest BCUT2D eigenvalue weighted by Crippen LogP contribution is 2.46. The summed E-state index contributed by atoms with van der Waals surface area (Å²) in [5, 5.41) is 12.8. The number of nitrogens with zero attached hydrogens (tertiary/aromatic N) is 4.